The number of fused-ring (bicyclic) bond motifs is 1. The highest BCUT2D eigenvalue weighted by Crippen LogP contribution is 2.30. The van der Waals surface area contributed by atoms with Gasteiger partial charge in [0.1, 0.15) is 11.9 Å². The molecule has 2 aliphatic rings. The highest BCUT2D eigenvalue weighted by Gasteiger charge is 2.22. The molecule has 2 aliphatic carbocycles. The summed E-state index contributed by atoms with van der Waals surface area (Å²) in [7, 11) is 0. The van der Waals surface area contributed by atoms with E-state index in [-0.39, 0.29) is 0 Å². The van der Waals surface area contributed by atoms with Crippen LogP contribution in [0.5, 0.6) is 0 Å². The zero-order valence-corrected chi connectivity index (χ0v) is 12.3. The molecule has 3 rings (SSSR count). The summed E-state index contributed by atoms with van der Waals surface area (Å²) < 4.78 is 0. The minimum Gasteiger partial charge on any atom is -0.366 e. The Labute approximate surface area is 121 Å². The summed E-state index contributed by atoms with van der Waals surface area (Å²) in [4.78, 5) is 4.73. The van der Waals surface area contributed by atoms with E-state index in [0.29, 0.717) is 11.6 Å². The highest BCUT2D eigenvalue weighted by molar-refractivity contribution is 5.55. The fourth-order valence-electron chi connectivity index (χ4n) is 3.64. The number of aromatic nitrogens is 1. The SMILES string of the molecule is CC(Nc1nc2c(cc1C#N)CCC2)C1CCCCC1. The topological polar surface area (TPSA) is 48.7 Å². The minimum atomic E-state index is 0.411. The van der Waals surface area contributed by atoms with Crippen LogP contribution in [0.25, 0.3) is 0 Å². The number of pyridine rings is 1. The number of nitrogens with one attached hydrogen (secondary N) is 1. The maximum Gasteiger partial charge on any atom is 0.144 e. The van der Waals surface area contributed by atoms with E-state index >= 15 is 0 Å². The van der Waals surface area contributed by atoms with Gasteiger partial charge in [-0.15, -0.1) is 0 Å². The summed E-state index contributed by atoms with van der Waals surface area (Å²) in [5, 5.41) is 12.9. The first-order chi connectivity index (χ1) is 9.78. The number of anilines is 1. The molecule has 20 heavy (non-hydrogen) atoms. The fourth-order valence-corrected chi connectivity index (χ4v) is 3.64. The van der Waals surface area contributed by atoms with E-state index in [4.69, 9.17) is 4.98 Å². The van der Waals surface area contributed by atoms with Crippen molar-refractivity contribution in [3.8, 4) is 6.07 Å². The van der Waals surface area contributed by atoms with Crippen molar-refractivity contribution in [2.45, 2.75) is 64.3 Å². The Balaban J connectivity index is 1.78. The molecule has 0 aromatic carbocycles. The van der Waals surface area contributed by atoms with Crippen LogP contribution < -0.4 is 5.32 Å². The quantitative estimate of drug-likeness (QED) is 0.907. The molecular formula is C17H23N3. The van der Waals surface area contributed by atoms with E-state index in [0.717, 1.165) is 24.6 Å². The Hall–Kier alpha value is -1.56. The molecule has 1 fully saturated rings. The van der Waals surface area contributed by atoms with Gasteiger partial charge in [-0.3, -0.25) is 0 Å². The lowest BCUT2D eigenvalue weighted by Gasteiger charge is -2.29. The Bertz CT molecular complexity index is 524. The van der Waals surface area contributed by atoms with Crippen molar-refractivity contribution in [2.75, 3.05) is 5.32 Å². The van der Waals surface area contributed by atoms with E-state index in [9.17, 15) is 5.26 Å². The van der Waals surface area contributed by atoms with Crippen LogP contribution in [-0.2, 0) is 12.8 Å². The summed E-state index contributed by atoms with van der Waals surface area (Å²) >= 11 is 0. The van der Waals surface area contributed by atoms with Gasteiger partial charge < -0.3 is 5.32 Å². The molecule has 0 aliphatic heterocycles. The molecule has 1 N–H and O–H groups in total. The summed E-state index contributed by atoms with van der Waals surface area (Å²) in [6, 6.07) is 4.77. The predicted molar refractivity (Wildman–Crippen MR) is 80.6 cm³/mol. The normalized spacial score (nSPS) is 20.2. The highest BCUT2D eigenvalue weighted by atomic mass is 15.0. The molecule has 3 nitrogen and oxygen atoms in total. The van der Waals surface area contributed by atoms with Crippen LogP contribution >= 0.6 is 0 Å². The van der Waals surface area contributed by atoms with E-state index in [2.05, 4.69) is 18.3 Å². The molecule has 0 spiro atoms. The lowest BCUT2D eigenvalue weighted by atomic mass is 9.84. The van der Waals surface area contributed by atoms with Crippen molar-refractivity contribution in [2.24, 2.45) is 5.92 Å². The van der Waals surface area contributed by atoms with Gasteiger partial charge in [0.25, 0.3) is 0 Å². The third-order valence-electron chi connectivity index (χ3n) is 4.89. The molecule has 106 valence electrons. The van der Waals surface area contributed by atoms with Crippen molar-refractivity contribution >= 4 is 5.82 Å². The van der Waals surface area contributed by atoms with Crippen molar-refractivity contribution in [1.29, 1.82) is 5.26 Å². The van der Waals surface area contributed by atoms with Gasteiger partial charge in [0.2, 0.25) is 0 Å². The number of hydrogen-bond acceptors (Lipinski definition) is 3. The predicted octanol–water partition coefficient (Wildman–Crippen LogP) is 3.82. The Kier molecular flexibility index (Phi) is 3.91. The third kappa shape index (κ3) is 2.65. The molecule has 1 saturated carbocycles. The molecule has 0 amide bonds. The monoisotopic (exact) mass is 269 g/mol. The lowest BCUT2D eigenvalue weighted by molar-refractivity contribution is 0.328. The smallest absolute Gasteiger partial charge is 0.144 e. The van der Waals surface area contributed by atoms with E-state index < -0.39 is 0 Å². The van der Waals surface area contributed by atoms with Gasteiger partial charge >= 0.3 is 0 Å². The van der Waals surface area contributed by atoms with Crippen molar-refractivity contribution in [3.05, 3.63) is 22.9 Å². The molecule has 1 heterocycles. The molecule has 1 aromatic heterocycles. The largest absolute Gasteiger partial charge is 0.366 e. The molecule has 0 radical (unpaired) electrons. The number of hydrogen-bond donors (Lipinski definition) is 1. The molecule has 1 aromatic rings. The van der Waals surface area contributed by atoms with Gasteiger partial charge in [0, 0.05) is 11.7 Å². The maximum absolute atomic E-state index is 9.34. The van der Waals surface area contributed by atoms with E-state index in [1.807, 2.05) is 6.07 Å². The first-order valence-electron chi connectivity index (χ1n) is 7.97. The van der Waals surface area contributed by atoms with Crippen molar-refractivity contribution in [3.63, 3.8) is 0 Å². The number of aryl methyl sites for hydroxylation is 2. The molecule has 1 atom stereocenters. The molecule has 0 bridgehead atoms. The zero-order valence-electron chi connectivity index (χ0n) is 12.3. The van der Waals surface area contributed by atoms with E-state index in [1.165, 1.54) is 49.8 Å². The fraction of sp³-hybridized carbons (Fsp3) is 0.647. The average Bonchev–Trinajstić information content (AvgIpc) is 2.94. The van der Waals surface area contributed by atoms with Crippen molar-refractivity contribution in [1.82, 2.24) is 4.98 Å². The molecule has 0 saturated heterocycles. The van der Waals surface area contributed by atoms with Gasteiger partial charge in [-0.25, -0.2) is 4.98 Å². The van der Waals surface area contributed by atoms with Gasteiger partial charge in [0.15, 0.2) is 0 Å². The van der Waals surface area contributed by atoms with Gasteiger partial charge in [0.05, 0.1) is 5.56 Å². The van der Waals surface area contributed by atoms with Crippen LogP contribution in [-0.4, -0.2) is 11.0 Å². The minimum absolute atomic E-state index is 0.411. The second kappa shape index (κ2) is 5.83. The number of nitrogens with zero attached hydrogens (tertiary/aromatic N) is 2. The molecule has 3 heteroatoms. The van der Waals surface area contributed by atoms with Crippen LogP contribution in [0.4, 0.5) is 5.82 Å². The van der Waals surface area contributed by atoms with Crippen LogP contribution in [0.2, 0.25) is 0 Å². The van der Waals surface area contributed by atoms with Crippen LogP contribution in [0.1, 0.15) is 62.3 Å². The standard InChI is InChI=1S/C17H23N3/c1-12(13-6-3-2-4-7-13)19-17-15(11-18)10-14-8-5-9-16(14)20-17/h10,12-13H,2-9H2,1H3,(H,19,20). The number of nitriles is 1. The average molecular weight is 269 g/mol. The first kappa shape index (κ1) is 13.4. The van der Waals surface area contributed by atoms with Gasteiger partial charge in [-0.1, -0.05) is 19.3 Å². The summed E-state index contributed by atoms with van der Waals surface area (Å²) in [6.07, 6.45) is 10.0. The number of rotatable bonds is 3. The maximum atomic E-state index is 9.34. The molecule has 1 unspecified atom stereocenters. The molecular weight excluding hydrogens is 246 g/mol. The second-order valence-corrected chi connectivity index (χ2v) is 6.29. The zero-order chi connectivity index (χ0) is 13.9. The van der Waals surface area contributed by atoms with Crippen LogP contribution in [0.3, 0.4) is 0 Å². The lowest BCUT2D eigenvalue weighted by Crippen LogP contribution is -2.28. The second-order valence-electron chi connectivity index (χ2n) is 6.29. The van der Waals surface area contributed by atoms with Crippen LogP contribution in [0.15, 0.2) is 6.07 Å². The Morgan fingerprint density at radius 1 is 1.25 bits per heavy atom. The van der Waals surface area contributed by atoms with Crippen molar-refractivity contribution < 1.29 is 0 Å². The van der Waals surface area contributed by atoms with Gasteiger partial charge in [-0.05, 0) is 56.6 Å². The first-order valence-corrected chi connectivity index (χ1v) is 7.97. The Morgan fingerprint density at radius 2 is 2.05 bits per heavy atom. The summed E-state index contributed by atoms with van der Waals surface area (Å²) in [6.45, 7) is 2.24. The van der Waals surface area contributed by atoms with E-state index in [1.54, 1.807) is 0 Å². The third-order valence-corrected chi connectivity index (χ3v) is 4.89. The Morgan fingerprint density at radius 3 is 2.80 bits per heavy atom. The van der Waals surface area contributed by atoms with Crippen LogP contribution in [0, 0.1) is 17.2 Å². The summed E-state index contributed by atoms with van der Waals surface area (Å²) in [5.74, 6) is 1.54. The summed E-state index contributed by atoms with van der Waals surface area (Å²) in [5.41, 5.74) is 3.19. The van der Waals surface area contributed by atoms with Gasteiger partial charge in [-0.2, -0.15) is 5.26 Å².